The Morgan fingerprint density at radius 3 is 2.76 bits per heavy atom. The van der Waals surface area contributed by atoms with E-state index in [4.69, 9.17) is 4.74 Å². The summed E-state index contributed by atoms with van der Waals surface area (Å²) in [6.07, 6.45) is 0.776. The molecule has 0 bridgehead atoms. The number of para-hydroxylation sites is 1. The number of methoxy groups -OCH3 is 1. The molecule has 2 aromatic rings. The van der Waals surface area contributed by atoms with Gasteiger partial charge >= 0.3 is 0 Å². The van der Waals surface area contributed by atoms with Crippen LogP contribution in [0.1, 0.15) is 27.2 Å². The Balaban J connectivity index is 2.54. The van der Waals surface area contributed by atoms with Crippen molar-refractivity contribution in [3.63, 3.8) is 0 Å². The molecule has 1 aromatic heterocycles. The van der Waals surface area contributed by atoms with Gasteiger partial charge in [0.2, 0.25) is 0 Å². The van der Waals surface area contributed by atoms with Gasteiger partial charge in [-0.3, -0.25) is 4.79 Å². The van der Waals surface area contributed by atoms with Crippen LogP contribution >= 0.6 is 11.3 Å². The summed E-state index contributed by atoms with van der Waals surface area (Å²) in [5.74, 6) is -0.0669. The molecule has 0 spiro atoms. The Labute approximate surface area is 129 Å². The van der Waals surface area contributed by atoms with Gasteiger partial charge in [0.1, 0.15) is 0 Å². The molecule has 0 saturated heterocycles. The van der Waals surface area contributed by atoms with Gasteiger partial charge in [-0.05, 0) is 18.6 Å². The fourth-order valence-corrected chi connectivity index (χ4v) is 2.95. The Morgan fingerprint density at radius 2 is 2.10 bits per heavy atom. The highest BCUT2D eigenvalue weighted by Gasteiger charge is 2.25. The zero-order valence-corrected chi connectivity index (χ0v) is 13.9. The van der Waals surface area contributed by atoms with Crippen LogP contribution in [0.3, 0.4) is 0 Å². The minimum atomic E-state index is -0.421. The van der Waals surface area contributed by atoms with Gasteiger partial charge in [0.15, 0.2) is 4.80 Å². The first kappa shape index (κ1) is 15.9. The third-order valence-corrected chi connectivity index (χ3v) is 4.83. The number of hydrogen-bond donors (Lipinski definition) is 0. The number of amides is 1. The first-order valence-electron chi connectivity index (χ1n) is 7.16. The first-order chi connectivity index (χ1) is 9.99. The van der Waals surface area contributed by atoms with Crippen molar-refractivity contribution < 1.29 is 9.53 Å². The van der Waals surface area contributed by atoms with Gasteiger partial charge < -0.3 is 9.30 Å². The smallest absolute Gasteiger partial charge is 0.253 e. The zero-order valence-electron chi connectivity index (χ0n) is 13.0. The second kappa shape index (κ2) is 6.54. The molecule has 0 fully saturated rings. The highest BCUT2D eigenvalue weighted by Crippen LogP contribution is 2.22. The molecule has 1 aromatic carbocycles. The quantitative estimate of drug-likeness (QED) is 0.851. The lowest BCUT2D eigenvalue weighted by Gasteiger charge is -2.16. The minimum Gasteiger partial charge on any atom is -0.383 e. The van der Waals surface area contributed by atoms with E-state index in [-0.39, 0.29) is 5.91 Å². The summed E-state index contributed by atoms with van der Waals surface area (Å²) in [4.78, 5) is 17.5. The van der Waals surface area contributed by atoms with Crippen LogP contribution in [0.2, 0.25) is 0 Å². The third-order valence-electron chi connectivity index (χ3n) is 3.77. The van der Waals surface area contributed by atoms with Gasteiger partial charge in [-0.15, -0.1) is 0 Å². The van der Waals surface area contributed by atoms with E-state index < -0.39 is 5.41 Å². The number of nitrogens with zero attached hydrogens (tertiary/aromatic N) is 2. The zero-order chi connectivity index (χ0) is 15.5. The van der Waals surface area contributed by atoms with Crippen molar-refractivity contribution in [2.75, 3.05) is 13.7 Å². The summed E-state index contributed by atoms with van der Waals surface area (Å²) in [5, 5.41) is 0. The number of carbonyl (C=O) groups excluding carboxylic acids is 1. The molecule has 1 heterocycles. The number of carbonyl (C=O) groups is 1. The van der Waals surface area contributed by atoms with Crippen molar-refractivity contribution >= 4 is 27.5 Å². The van der Waals surface area contributed by atoms with E-state index in [0.29, 0.717) is 13.2 Å². The highest BCUT2D eigenvalue weighted by atomic mass is 32.1. The average molecular weight is 306 g/mol. The summed E-state index contributed by atoms with van der Waals surface area (Å²) in [7, 11) is 1.68. The second-order valence-electron chi connectivity index (χ2n) is 5.65. The van der Waals surface area contributed by atoms with E-state index in [1.807, 2.05) is 32.9 Å². The van der Waals surface area contributed by atoms with Crippen LogP contribution in [0.4, 0.5) is 0 Å². The standard InChI is InChI=1S/C16H22N2O2S/c1-5-16(2,3)14(19)17-15-18(10-11-20-4)12-8-6-7-9-13(12)21-15/h6-9H,5,10-11H2,1-4H3/b17-15-. The van der Waals surface area contributed by atoms with Crippen molar-refractivity contribution in [1.29, 1.82) is 0 Å². The molecule has 21 heavy (non-hydrogen) atoms. The lowest BCUT2D eigenvalue weighted by Crippen LogP contribution is -2.26. The fraction of sp³-hybridized carbons (Fsp3) is 0.500. The summed E-state index contributed by atoms with van der Waals surface area (Å²) >= 11 is 1.55. The van der Waals surface area contributed by atoms with E-state index in [9.17, 15) is 4.79 Å². The predicted octanol–water partition coefficient (Wildman–Crippen LogP) is 3.21. The van der Waals surface area contributed by atoms with Crippen molar-refractivity contribution in [3.05, 3.63) is 29.1 Å². The van der Waals surface area contributed by atoms with Crippen LogP contribution < -0.4 is 4.80 Å². The summed E-state index contributed by atoms with van der Waals surface area (Å²) in [6, 6.07) is 8.11. The van der Waals surface area contributed by atoms with Crippen molar-refractivity contribution in [3.8, 4) is 0 Å². The SMILES string of the molecule is CCC(C)(C)C(=O)/N=c1\sc2ccccc2n1CCOC. The molecular formula is C16H22N2O2S. The average Bonchev–Trinajstić information content (AvgIpc) is 2.82. The summed E-state index contributed by atoms with van der Waals surface area (Å²) < 4.78 is 8.37. The molecule has 0 radical (unpaired) electrons. The van der Waals surface area contributed by atoms with Crippen LogP contribution in [-0.2, 0) is 16.1 Å². The van der Waals surface area contributed by atoms with E-state index in [1.165, 1.54) is 0 Å². The maximum atomic E-state index is 12.4. The monoisotopic (exact) mass is 306 g/mol. The van der Waals surface area contributed by atoms with E-state index in [2.05, 4.69) is 21.7 Å². The van der Waals surface area contributed by atoms with Crippen molar-refractivity contribution in [1.82, 2.24) is 4.57 Å². The highest BCUT2D eigenvalue weighted by molar-refractivity contribution is 7.16. The molecule has 0 saturated carbocycles. The Bertz CT molecular complexity index is 698. The molecule has 4 nitrogen and oxygen atoms in total. The molecule has 1 amide bonds. The molecule has 0 aliphatic rings. The van der Waals surface area contributed by atoms with Gasteiger partial charge in [-0.1, -0.05) is 44.2 Å². The van der Waals surface area contributed by atoms with Gasteiger partial charge in [-0.2, -0.15) is 4.99 Å². The molecule has 0 aliphatic carbocycles. The largest absolute Gasteiger partial charge is 0.383 e. The van der Waals surface area contributed by atoms with Gasteiger partial charge in [0, 0.05) is 19.1 Å². The topological polar surface area (TPSA) is 43.6 Å². The first-order valence-corrected chi connectivity index (χ1v) is 7.97. The Kier molecular flexibility index (Phi) is 4.96. The lowest BCUT2D eigenvalue weighted by atomic mass is 9.90. The number of aromatic nitrogens is 1. The van der Waals surface area contributed by atoms with E-state index >= 15 is 0 Å². The van der Waals surface area contributed by atoms with Crippen LogP contribution in [0.5, 0.6) is 0 Å². The van der Waals surface area contributed by atoms with Crippen LogP contribution in [0.15, 0.2) is 29.3 Å². The molecule has 0 aliphatic heterocycles. The molecule has 0 N–H and O–H groups in total. The minimum absolute atomic E-state index is 0.0669. The van der Waals surface area contributed by atoms with Crippen LogP contribution in [-0.4, -0.2) is 24.2 Å². The Morgan fingerprint density at radius 1 is 1.38 bits per heavy atom. The lowest BCUT2D eigenvalue weighted by molar-refractivity contribution is -0.126. The van der Waals surface area contributed by atoms with E-state index in [1.54, 1.807) is 18.4 Å². The molecule has 2 rings (SSSR count). The summed E-state index contributed by atoms with van der Waals surface area (Å²) in [5.41, 5.74) is 0.676. The Hall–Kier alpha value is -1.46. The number of thiazole rings is 1. The number of rotatable bonds is 5. The second-order valence-corrected chi connectivity index (χ2v) is 6.66. The normalized spacial score (nSPS) is 13.0. The molecule has 5 heteroatoms. The number of ether oxygens (including phenoxy) is 1. The molecular weight excluding hydrogens is 284 g/mol. The predicted molar refractivity (Wildman–Crippen MR) is 86.3 cm³/mol. The number of fused-ring (bicyclic) bond motifs is 1. The molecule has 0 unspecified atom stereocenters. The van der Waals surface area contributed by atoms with E-state index in [0.717, 1.165) is 21.4 Å². The fourth-order valence-electron chi connectivity index (χ4n) is 1.89. The maximum Gasteiger partial charge on any atom is 0.253 e. The number of hydrogen-bond acceptors (Lipinski definition) is 3. The van der Waals surface area contributed by atoms with Gasteiger partial charge in [0.05, 0.1) is 16.8 Å². The van der Waals surface area contributed by atoms with Crippen molar-refractivity contribution in [2.24, 2.45) is 10.4 Å². The van der Waals surface area contributed by atoms with Crippen molar-refractivity contribution in [2.45, 2.75) is 33.7 Å². The van der Waals surface area contributed by atoms with Gasteiger partial charge in [0.25, 0.3) is 5.91 Å². The third kappa shape index (κ3) is 3.41. The van der Waals surface area contributed by atoms with Gasteiger partial charge in [-0.25, -0.2) is 0 Å². The van der Waals surface area contributed by atoms with Crippen LogP contribution in [0.25, 0.3) is 10.2 Å². The maximum absolute atomic E-state index is 12.4. The molecule has 0 atom stereocenters. The number of benzene rings is 1. The molecule has 114 valence electrons. The van der Waals surface area contributed by atoms with Crippen LogP contribution in [0, 0.1) is 5.41 Å². The summed E-state index contributed by atoms with van der Waals surface area (Å²) in [6.45, 7) is 7.17.